The van der Waals surface area contributed by atoms with Crippen LogP contribution in [0.3, 0.4) is 0 Å². The lowest BCUT2D eigenvalue weighted by molar-refractivity contribution is 0.0940. The fourth-order valence-electron chi connectivity index (χ4n) is 2.36. The molecule has 3 aromatic rings. The summed E-state index contributed by atoms with van der Waals surface area (Å²) in [5, 5.41) is 2.79. The zero-order chi connectivity index (χ0) is 17.1. The maximum atomic E-state index is 13.6. The van der Waals surface area contributed by atoms with Gasteiger partial charge in [0.15, 0.2) is 11.6 Å². The van der Waals surface area contributed by atoms with Crippen LogP contribution in [0.1, 0.15) is 27.8 Å². The van der Waals surface area contributed by atoms with Gasteiger partial charge in [0.1, 0.15) is 11.9 Å². The van der Waals surface area contributed by atoms with Crippen molar-refractivity contribution < 1.29 is 13.6 Å². The van der Waals surface area contributed by atoms with Gasteiger partial charge in [0.25, 0.3) is 5.91 Å². The predicted molar refractivity (Wildman–Crippen MR) is 83.1 cm³/mol. The number of pyridine rings is 1. The highest BCUT2D eigenvalue weighted by Crippen LogP contribution is 2.22. The molecule has 1 N–H and O–H groups in total. The summed E-state index contributed by atoms with van der Waals surface area (Å²) in [6, 6.07) is 6.02. The van der Waals surface area contributed by atoms with E-state index in [1.54, 1.807) is 42.3 Å². The molecule has 1 amide bonds. The van der Waals surface area contributed by atoms with Crippen LogP contribution in [0.4, 0.5) is 8.78 Å². The second-order valence-corrected chi connectivity index (χ2v) is 5.22. The summed E-state index contributed by atoms with van der Waals surface area (Å²) in [6.45, 7) is 0. The van der Waals surface area contributed by atoms with E-state index in [-0.39, 0.29) is 5.91 Å². The summed E-state index contributed by atoms with van der Waals surface area (Å²) in [4.78, 5) is 20.5. The average molecular weight is 328 g/mol. The number of nitrogens with one attached hydrogen (secondary N) is 1. The molecule has 0 saturated heterocycles. The van der Waals surface area contributed by atoms with E-state index in [2.05, 4.69) is 15.3 Å². The highest BCUT2D eigenvalue weighted by molar-refractivity contribution is 5.94. The summed E-state index contributed by atoms with van der Waals surface area (Å²) >= 11 is 0. The topological polar surface area (TPSA) is 59.8 Å². The maximum absolute atomic E-state index is 13.6. The Balaban J connectivity index is 1.98. The third-order valence-corrected chi connectivity index (χ3v) is 3.59. The first-order valence-electron chi connectivity index (χ1n) is 7.19. The molecule has 2 heterocycles. The highest BCUT2D eigenvalue weighted by Gasteiger charge is 2.22. The number of halogens is 2. The van der Waals surface area contributed by atoms with Gasteiger partial charge in [0, 0.05) is 31.8 Å². The van der Waals surface area contributed by atoms with Gasteiger partial charge in [-0.2, -0.15) is 0 Å². The molecule has 1 aromatic carbocycles. The van der Waals surface area contributed by atoms with E-state index in [4.69, 9.17) is 0 Å². The third-order valence-electron chi connectivity index (χ3n) is 3.59. The highest BCUT2D eigenvalue weighted by atomic mass is 19.2. The average Bonchev–Trinajstić information content (AvgIpc) is 3.01. The van der Waals surface area contributed by atoms with Crippen LogP contribution in [-0.2, 0) is 7.05 Å². The summed E-state index contributed by atoms with van der Waals surface area (Å²) in [5.74, 6) is -1.82. The molecule has 0 aliphatic rings. The Bertz CT molecular complexity index is 864. The zero-order valence-electron chi connectivity index (χ0n) is 12.8. The molecule has 3 rings (SSSR count). The molecule has 0 unspecified atom stereocenters. The number of rotatable bonds is 4. The number of carbonyl (C=O) groups is 1. The third kappa shape index (κ3) is 3.15. The second kappa shape index (κ2) is 6.57. The van der Waals surface area contributed by atoms with Gasteiger partial charge in [-0.1, -0.05) is 6.07 Å². The van der Waals surface area contributed by atoms with Crippen molar-refractivity contribution in [2.75, 3.05) is 0 Å². The molecule has 2 aromatic heterocycles. The monoisotopic (exact) mass is 328 g/mol. The molecule has 24 heavy (non-hydrogen) atoms. The maximum Gasteiger partial charge on any atom is 0.253 e. The molecule has 0 bridgehead atoms. The Hall–Kier alpha value is -3.09. The predicted octanol–water partition coefficient (Wildman–Crippen LogP) is 2.61. The van der Waals surface area contributed by atoms with E-state index in [0.717, 1.165) is 12.1 Å². The Kier molecular flexibility index (Phi) is 4.33. The van der Waals surface area contributed by atoms with Crippen molar-refractivity contribution in [1.82, 2.24) is 19.9 Å². The Morgan fingerprint density at radius 1 is 1.21 bits per heavy atom. The molecule has 0 aliphatic heterocycles. The molecular weight excluding hydrogens is 314 g/mol. The van der Waals surface area contributed by atoms with Gasteiger partial charge in [-0.3, -0.25) is 9.78 Å². The quantitative estimate of drug-likeness (QED) is 0.801. The summed E-state index contributed by atoms with van der Waals surface area (Å²) in [6.07, 6.45) is 6.26. The van der Waals surface area contributed by atoms with Crippen LogP contribution in [0.2, 0.25) is 0 Å². The first-order chi connectivity index (χ1) is 11.6. The van der Waals surface area contributed by atoms with Gasteiger partial charge >= 0.3 is 0 Å². The molecule has 0 fully saturated rings. The van der Waals surface area contributed by atoms with Crippen molar-refractivity contribution in [2.24, 2.45) is 7.05 Å². The van der Waals surface area contributed by atoms with Crippen molar-refractivity contribution in [3.05, 3.63) is 83.7 Å². The van der Waals surface area contributed by atoms with E-state index in [1.165, 1.54) is 12.3 Å². The fourth-order valence-corrected chi connectivity index (χ4v) is 2.36. The number of imidazole rings is 1. The fraction of sp³-hybridized carbons (Fsp3) is 0.118. The van der Waals surface area contributed by atoms with Crippen LogP contribution >= 0.6 is 0 Å². The molecule has 0 aliphatic carbocycles. The van der Waals surface area contributed by atoms with Crippen molar-refractivity contribution in [2.45, 2.75) is 6.04 Å². The molecule has 7 heteroatoms. The number of carbonyl (C=O) groups excluding carboxylic acids is 1. The number of hydrogen-bond donors (Lipinski definition) is 1. The number of benzene rings is 1. The van der Waals surface area contributed by atoms with E-state index in [1.807, 2.05) is 0 Å². The molecule has 1 atom stereocenters. The smallest absolute Gasteiger partial charge is 0.253 e. The first-order valence-corrected chi connectivity index (χ1v) is 7.19. The standard InChI is InChI=1S/C17H14F2N4O/c1-23-8-7-21-16(23)15(11-4-5-13(18)14(19)9-11)22-17(24)12-3-2-6-20-10-12/h2-10,15H,1H3,(H,22,24)/t15-/m1/s1. The lowest BCUT2D eigenvalue weighted by Gasteiger charge is -2.19. The minimum Gasteiger partial charge on any atom is -0.338 e. The summed E-state index contributed by atoms with van der Waals surface area (Å²) in [7, 11) is 1.76. The Labute approximate surface area is 137 Å². The second-order valence-electron chi connectivity index (χ2n) is 5.22. The Morgan fingerprint density at radius 2 is 2.04 bits per heavy atom. The van der Waals surface area contributed by atoms with Gasteiger partial charge in [0.05, 0.1) is 5.56 Å². The number of amides is 1. The van der Waals surface area contributed by atoms with Crippen LogP contribution < -0.4 is 5.32 Å². The molecule has 5 nitrogen and oxygen atoms in total. The molecular formula is C17H14F2N4O. The van der Waals surface area contributed by atoms with Crippen molar-refractivity contribution in [1.29, 1.82) is 0 Å². The summed E-state index contributed by atoms with van der Waals surface area (Å²) in [5.41, 5.74) is 0.750. The zero-order valence-corrected chi connectivity index (χ0v) is 12.8. The first kappa shape index (κ1) is 15.8. The van der Waals surface area contributed by atoms with Crippen LogP contribution in [0.25, 0.3) is 0 Å². The van der Waals surface area contributed by atoms with Crippen LogP contribution in [-0.4, -0.2) is 20.4 Å². The van der Waals surface area contributed by atoms with Crippen molar-refractivity contribution in [3.63, 3.8) is 0 Å². The number of aryl methyl sites for hydroxylation is 1. The van der Waals surface area contributed by atoms with Gasteiger partial charge < -0.3 is 9.88 Å². The van der Waals surface area contributed by atoms with Crippen LogP contribution in [0, 0.1) is 11.6 Å². The van der Waals surface area contributed by atoms with E-state index in [0.29, 0.717) is 17.0 Å². The lowest BCUT2D eigenvalue weighted by atomic mass is 10.0. The molecule has 0 saturated carbocycles. The minimum atomic E-state index is -0.984. The lowest BCUT2D eigenvalue weighted by Crippen LogP contribution is -2.31. The molecule has 0 radical (unpaired) electrons. The molecule has 0 spiro atoms. The van der Waals surface area contributed by atoms with E-state index >= 15 is 0 Å². The van der Waals surface area contributed by atoms with E-state index < -0.39 is 17.7 Å². The number of aromatic nitrogens is 3. The van der Waals surface area contributed by atoms with Gasteiger partial charge in [0.2, 0.25) is 0 Å². The minimum absolute atomic E-state index is 0.360. The van der Waals surface area contributed by atoms with Gasteiger partial charge in [-0.05, 0) is 29.8 Å². The Morgan fingerprint density at radius 3 is 2.67 bits per heavy atom. The number of nitrogens with zero attached hydrogens (tertiary/aromatic N) is 3. The van der Waals surface area contributed by atoms with Gasteiger partial charge in [-0.15, -0.1) is 0 Å². The SMILES string of the molecule is Cn1ccnc1[C@H](NC(=O)c1cccnc1)c1ccc(F)c(F)c1. The number of hydrogen-bond acceptors (Lipinski definition) is 3. The van der Waals surface area contributed by atoms with Crippen molar-refractivity contribution in [3.8, 4) is 0 Å². The largest absolute Gasteiger partial charge is 0.338 e. The van der Waals surface area contributed by atoms with Crippen LogP contribution in [0.5, 0.6) is 0 Å². The van der Waals surface area contributed by atoms with E-state index in [9.17, 15) is 13.6 Å². The van der Waals surface area contributed by atoms with Crippen molar-refractivity contribution >= 4 is 5.91 Å². The normalized spacial score (nSPS) is 12.0. The molecule has 122 valence electrons. The summed E-state index contributed by atoms with van der Waals surface area (Å²) < 4.78 is 28.5. The van der Waals surface area contributed by atoms with Crippen LogP contribution in [0.15, 0.2) is 55.1 Å². The van der Waals surface area contributed by atoms with Gasteiger partial charge in [-0.25, -0.2) is 13.8 Å².